The average molecular weight is 295 g/mol. The minimum absolute atomic E-state index is 0. The molecule has 0 aromatic heterocycles. The first kappa shape index (κ1) is 15.8. The molecule has 1 rings (SSSR count). The van der Waals surface area contributed by atoms with Gasteiger partial charge in [-0.2, -0.15) is 13.2 Å². The number of alkyl halides is 3. The molecule has 92 valence electrons. The van der Waals surface area contributed by atoms with E-state index in [0.717, 1.165) is 0 Å². The van der Waals surface area contributed by atoms with Crippen LogP contribution in [0, 0.1) is 0 Å². The topological polar surface area (TPSA) is 26.0 Å². The normalized spacial score (nSPS) is 13.1. The minimum Gasteiger partial charge on any atom is -0.324 e. The van der Waals surface area contributed by atoms with E-state index < -0.39 is 18.6 Å². The van der Waals surface area contributed by atoms with E-state index in [4.69, 9.17) is 28.9 Å². The highest BCUT2D eigenvalue weighted by Gasteiger charge is 2.31. The number of nitrogens with two attached hydrogens (primary N) is 1. The molecule has 1 nitrogen and oxygen atoms in total. The highest BCUT2D eigenvalue weighted by atomic mass is 35.5. The fraction of sp³-hybridized carbons (Fsp3) is 0.333. The molecule has 0 aliphatic carbocycles. The van der Waals surface area contributed by atoms with Gasteiger partial charge >= 0.3 is 6.18 Å². The molecule has 2 N–H and O–H groups in total. The summed E-state index contributed by atoms with van der Waals surface area (Å²) in [6, 6.07) is 3.26. The second-order valence-corrected chi connectivity index (χ2v) is 3.85. The lowest BCUT2D eigenvalue weighted by Gasteiger charge is -2.16. The maximum absolute atomic E-state index is 12.1. The lowest BCUT2D eigenvalue weighted by atomic mass is 10.0. The Labute approximate surface area is 107 Å². The van der Waals surface area contributed by atoms with Gasteiger partial charge in [0, 0.05) is 6.04 Å². The van der Waals surface area contributed by atoms with Crippen LogP contribution >= 0.6 is 35.6 Å². The molecule has 0 spiro atoms. The summed E-state index contributed by atoms with van der Waals surface area (Å²) in [4.78, 5) is 0. The van der Waals surface area contributed by atoms with Crippen molar-refractivity contribution in [2.24, 2.45) is 5.73 Å². The Hall–Kier alpha value is -0.160. The lowest BCUT2D eigenvalue weighted by Crippen LogP contribution is -2.20. The van der Waals surface area contributed by atoms with Gasteiger partial charge in [0.05, 0.1) is 16.5 Å². The zero-order chi connectivity index (χ0) is 11.6. The van der Waals surface area contributed by atoms with Crippen LogP contribution in [0.2, 0.25) is 10.0 Å². The summed E-state index contributed by atoms with van der Waals surface area (Å²) in [7, 11) is 0. The van der Waals surface area contributed by atoms with Crippen LogP contribution in [-0.4, -0.2) is 6.18 Å². The van der Waals surface area contributed by atoms with Gasteiger partial charge < -0.3 is 5.73 Å². The third-order valence-corrected chi connectivity index (χ3v) is 2.67. The Bertz CT molecular complexity index is 354. The van der Waals surface area contributed by atoms with Gasteiger partial charge in [-0.1, -0.05) is 35.3 Å². The number of hydrogen-bond acceptors (Lipinski definition) is 1. The van der Waals surface area contributed by atoms with Crippen molar-refractivity contribution in [1.29, 1.82) is 0 Å². The van der Waals surface area contributed by atoms with Crippen LogP contribution in [0.15, 0.2) is 18.2 Å². The number of rotatable bonds is 2. The van der Waals surface area contributed by atoms with Crippen molar-refractivity contribution < 1.29 is 13.2 Å². The fourth-order valence-electron chi connectivity index (χ4n) is 1.17. The molecule has 1 aromatic carbocycles. The molecule has 0 heterocycles. The molecule has 0 unspecified atom stereocenters. The van der Waals surface area contributed by atoms with Gasteiger partial charge in [0.2, 0.25) is 0 Å². The van der Waals surface area contributed by atoms with Crippen molar-refractivity contribution in [2.75, 3.05) is 0 Å². The van der Waals surface area contributed by atoms with Gasteiger partial charge in [0.1, 0.15) is 0 Å². The molecule has 0 radical (unpaired) electrons. The van der Waals surface area contributed by atoms with Crippen molar-refractivity contribution in [3.63, 3.8) is 0 Å². The maximum Gasteiger partial charge on any atom is 0.390 e. The van der Waals surface area contributed by atoms with E-state index in [1.165, 1.54) is 18.2 Å². The molecule has 0 aliphatic heterocycles. The second kappa shape index (κ2) is 5.96. The van der Waals surface area contributed by atoms with Crippen molar-refractivity contribution >= 4 is 35.6 Å². The van der Waals surface area contributed by atoms with Crippen LogP contribution in [0.1, 0.15) is 18.0 Å². The summed E-state index contributed by atoms with van der Waals surface area (Å²) in [6.07, 6.45) is -5.43. The molecule has 1 atom stereocenters. The lowest BCUT2D eigenvalue weighted by molar-refractivity contribution is -0.138. The van der Waals surface area contributed by atoms with Crippen LogP contribution < -0.4 is 5.73 Å². The smallest absolute Gasteiger partial charge is 0.324 e. The molecule has 0 aliphatic rings. The van der Waals surface area contributed by atoms with E-state index in [1.807, 2.05) is 0 Å². The summed E-state index contributed by atoms with van der Waals surface area (Å²) in [6.45, 7) is 0. The van der Waals surface area contributed by atoms with Crippen LogP contribution in [0.4, 0.5) is 13.2 Å². The van der Waals surface area contributed by atoms with Gasteiger partial charge in [-0.05, 0) is 11.6 Å². The number of hydrogen-bond donors (Lipinski definition) is 1. The molecular formula is C9H9Cl3F3N. The summed E-state index contributed by atoms with van der Waals surface area (Å²) in [5.74, 6) is 0. The molecule has 0 saturated carbocycles. The van der Waals surface area contributed by atoms with Crippen molar-refractivity contribution in [1.82, 2.24) is 0 Å². The Balaban J connectivity index is 0.00000225. The maximum atomic E-state index is 12.1. The first-order chi connectivity index (χ1) is 6.81. The van der Waals surface area contributed by atoms with E-state index in [9.17, 15) is 13.2 Å². The van der Waals surface area contributed by atoms with Gasteiger partial charge in [-0.15, -0.1) is 12.4 Å². The van der Waals surface area contributed by atoms with E-state index in [-0.39, 0.29) is 28.0 Å². The first-order valence-electron chi connectivity index (χ1n) is 4.07. The summed E-state index contributed by atoms with van der Waals surface area (Å²) < 4.78 is 36.2. The van der Waals surface area contributed by atoms with E-state index in [2.05, 4.69) is 0 Å². The molecule has 0 saturated heterocycles. The van der Waals surface area contributed by atoms with Gasteiger partial charge in [0.15, 0.2) is 0 Å². The molecule has 0 fully saturated rings. The Morgan fingerprint density at radius 3 is 2.31 bits per heavy atom. The minimum atomic E-state index is -4.31. The average Bonchev–Trinajstić information content (AvgIpc) is 2.06. The van der Waals surface area contributed by atoms with E-state index >= 15 is 0 Å². The predicted molar refractivity (Wildman–Crippen MR) is 61.3 cm³/mol. The standard InChI is InChI=1S/C9H8Cl2F3N.ClH/c10-6-3-1-2-5(8(6)11)7(15)4-9(12,13)14;/h1-3,7H,4,15H2;1H/t7-;/m1./s1. The van der Waals surface area contributed by atoms with Crippen LogP contribution in [0.3, 0.4) is 0 Å². The van der Waals surface area contributed by atoms with Crippen molar-refractivity contribution in [3.8, 4) is 0 Å². The Morgan fingerprint density at radius 2 is 1.81 bits per heavy atom. The van der Waals surface area contributed by atoms with Gasteiger partial charge in [0.25, 0.3) is 0 Å². The van der Waals surface area contributed by atoms with Crippen LogP contribution in [0.25, 0.3) is 0 Å². The highest BCUT2D eigenvalue weighted by molar-refractivity contribution is 6.42. The Morgan fingerprint density at radius 1 is 1.25 bits per heavy atom. The van der Waals surface area contributed by atoms with Crippen LogP contribution in [0.5, 0.6) is 0 Å². The van der Waals surface area contributed by atoms with E-state index in [0.29, 0.717) is 0 Å². The molecule has 0 amide bonds. The zero-order valence-corrected chi connectivity index (χ0v) is 10.2. The zero-order valence-electron chi connectivity index (χ0n) is 7.89. The molecule has 16 heavy (non-hydrogen) atoms. The molecule has 0 bridgehead atoms. The number of benzene rings is 1. The first-order valence-corrected chi connectivity index (χ1v) is 4.83. The van der Waals surface area contributed by atoms with E-state index in [1.54, 1.807) is 0 Å². The van der Waals surface area contributed by atoms with Gasteiger partial charge in [-0.25, -0.2) is 0 Å². The van der Waals surface area contributed by atoms with Gasteiger partial charge in [-0.3, -0.25) is 0 Å². The largest absolute Gasteiger partial charge is 0.390 e. The van der Waals surface area contributed by atoms with Crippen LogP contribution in [-0.2, 0) is 0 Å². The molecule has 1 aromatic rings. The Kier molecular flexibility index (Phi) is 5.90. The SMILES string of the molecule is Cl.N[C@H](CC(F)(F)F)c1cccc(Cl)c1Cl. The monoisotopic (exact) mass is 293 g/mol. The third-order valence-electron chi connectivity index (χ3n) is 1.83. The summed E-state index contributed by atoms with van der Waals surface area (Å²) in [5, 5.41) is 0.280. The third kappa shape index (κ3) is 4.37. The summed E-state index contributed by atoms with van der Waals surface area (Å²) >= 11 is 11.4. The number of halogens is 6. The molecular weight excluding hydrogens is 285 g/mol. The highest BCUT2D eigenvalue weighted by Crippen LogP contribution is 2.34. The second-order valence-electron chi connectivity index (χ2n) is 3.07. The molecule has 7 heteroatoms. The summed E-state index contributed by atoms with van der Waals surface area (Å²) in [5.41, 5.74) is 5.60. The quantitative estimate of drug-likeness (QED) is 0.861. The predicted octanol–water partition coefficient (Wildman–Crippen LogP) is 4.37. The van der Waals surface area contributed by atoms with Crippen molar-refractivity contribution in [3.05, 3.63) is 33.8 Å². The fourth-order valence-corrected chi connectivity index (χ4v) is 1.61. The van der Waals surface area contributed by atoms with Crippen molar-refractivity contribution in [2.45, 2.75) is 18.6 Å².